The molecule has 0 radical (unpaired) electrons. The number of nitrogens with two attached hydrogens (primary N) is 1. The van der Waals surface area contributed by atoms with Gasteiger partial charge in [0.2, 0.25) is 0 Å². The van der Waals surface area contributed by atoms with Gasteiger partial charge in [0.25, 0.3) is 5.91 Å². The minimum atomic E-state index is -0.964. The van der Waals surface area contributed by atoms with Crippen LogP contribution < -0.4 is 11.1 Å². The third-order valence-electron chi connectivity index (χ3n) is 2.85. The largest absolute Gasteiger partial charge is 0.399 e. The molecule has 5 heteroatoms. The molecule has 1 atom stereocenters. The van der Waals surface area contributed by atoms with Crippen LogP contribution in [0.2, 0.25) is 0 Å². The van der Waals surface area contributed by atoms with E-state index in [9.17, 15) is 9.18 Å². The van der Waals surface area contributed by atoms with Crippen LogP contribution in [-0.2, 0) is 9.53 Å². The molecular weight excluding hydrogens is 223 g/mol. The first-order chi connectivity index (χ1) is 7.92. The lowest BCUT2D eigenvalue weighted by atomic mass is 10.0. The van der Waals surface area contributed by atoms with Gasteiger partial charge in [-0.3, -0.25) is 4.79 Å². The van der Waals surface area contributed by atoms with Crippen LogP contribution in [0.4, 0.5) is 15.8 Å². The number of carbonyl (C=O) groups is 1. The van der Waals surface area contributed by atoms with Gasteiger partial charge in [0.15, 0.2) is 0 Å². The highest BCUT2D eigenvalue weighted by molar-refractivity contribution is 5.97. The predicted octanol–water partition coefficient (Wildman–Crippen LogP) is 2.16. The molecule has 0 spiro atoms. The third-order valence-corrected chi connectivity index (χ3v) is 2.85. The summed E-state index contributed by atoms with van der Waals surface area (Å²) in [5.41, 5.74) is 4.86. The number of rotatable bonds is 4. The lowest BCUT2D eigenvalue weighted by Gasteiger charge is -2.25. The maximum atomic E-state index is 13.5. The zero-order valence-corrected chi connectivity index (χ0v) is 10.2. The van der Waals surface area contributed by atoms with Crippen LogP contribution in [0.5, 0.6) is 0 Å². The highest BCUT2D eigenvalue weighted by Crippen LogP contribution is 2.21. The fourth-order valence-corrected chi connectivity index (χ4v) is 1.28. The maximum absolute atomic E-state index is 13.5. The Morgan fingerprint density at radius 1 is 1.59 bits per heavy atom. The Hall–Kier alpha value is -1.62. The number of benzene rings is 1. The average Bonchev–Trinajstić information content (AvgIpc) is 2.31. The molecule has 3 N–H and O–H groups in total. The molecule has 0 bridgehead atoms. The highest BCUT2D eigenvalue weighted by Gasteiger charge is 2.31. The van der Waals surface area contributed by atoms with Crippen molar-refractivity contribution >= 4 is 17.3 Å². The molecule has 0 aliphatic heterocycles. The number of nitrogen functional groups attached to an aromatic ring is 1. The van der Waals surface area contributed by atoms with Crippen molar-refractivity contribution in [1.29, 1.82) is 0 Å². The van der Waals surface area contributed by atoms with Crippen molar-refractivity contribution in [2.24, 2.45) is 0 Å². The van der Waals surface area contributed by atoms with E-state index >= 15 is 0 Å². The quantitative estimate of drug-likeness (QED) is 0.793. The van der Waals surface area contributed by atoms with E-state index in [1.807, 2.05) is 6.92 Å². The number of ether oxygens (including phenoxy) is 1. The van der Waals surface area contributed by atoms with Crippen LogP contribution in [0.1, 0.15) is 20.3 Å². The van der Waals surface area contributed by atoms with E-state index in [2.05, 4.69) is 5.32 Å². The van der Waals surface area contributed by atoms with Crippen molar-refractivity contribution < 1.29 is 13.9 Å². The molecule has 17 heavy (non-hydrogen) atoms. The Morgan fingerprint density at radius 2 is 2.24 bits per heavy atom. The summed E-state index contributed by atoms with van der Waals surface area (Å²) in [4.78, 5) is 11.9. The molecule has 0 saturated heterocycles. The molecule has 4 nitrogen and oxygen atoms in total. The van der Waals surface area contributed by atoms with Gasteiger partial charge in [0.05, 0.1) is 5.69 Å². The van der Waals surface area contributed by atoms with Crippen molar-refractivity contribution in [3.05, 3.63) is 24.0 Å². The van der Waals surface area contributed by atoms with Crippen molar-refractivity contribution in [2.75, 3.05) is 18.2 Å². The smallest absolute Gasteiger partial charge is 0.256 e. The molecule has 1 amide bonds. The number of methoxy groups -OCH3 is 1. The Kier molecular flexibility index (Phi) is 4.07. The minimum Gasteiger partial charge on any atom is -0.399 e. The van der Waals surface area contributed by atoms with Gasteiger partial charge in [-0.1, -0.05) is 6.92 Å². The van der Waals surface area contributed by atoms with Gasteiger partial charge < -0.3 is 15.8 Å². The first-order valence-corrected chi connectivity index (χ1v) is 5.34. The fourth-order valence-electron chi connectivity index (χ4n) is 1.28. The van der Waals surface area contributed by atoms with Gasteiger partial charge in [-0.15, -0.1) is 0 Å². The second-order valence-corrected chi connectivity index (χ2v) is 3.98. The second-order valence-electron chi connectivity index (χ2n) is 3.98. The second kappa shape index (κ2) is 5.14. The van der Waals surface area contributed by atoms with E-state index < -0.39 is 11.4 Å². The van der Waals surface area contributed by atoms with Crippen LogP contribution in [0.3, 0.4) is 0 Å². The topological polar surface area (TPSA) is 64.3 Å². The lowest BCUT2D eigenvalue weighted by molar-refractivity contribution is -0.136. The zero-order valence-electron chi connectivity index (χ0n) is 10.2. The Balaban J connectivity index is 2.88. The van der Waals surface area contributed by atoms with E-state index in [0.717, 1.165) is 6.07 Å². The van der Waals surface area contributed by atoms with E-state index in [1.165, 1.54) is 19.2 Å². The van der Waals surface area contributed by atoms with Crippen LogP contribution in [0.25, 0.3) is 0 Å². The molecule has 1 aromatic carbocycles. The summed E-state index contributed by atoms with van der Waals surface area (Å²) in [5.74, 6) is -0.945. The van der Waals surface area contributed by atoms with Crippen molar-refractivity contribution in [3.63, 3.8) is 0 Å². The summed E-state index contributed by atoms with van der Waals surface area (Å²) in [6.45, 7) is 3.47. The maximum Gasteiger partial charge on any atom is 0.256 e. The Morgan fingerprint density at radius 3 is 2.71 bits per heavy atom. The summed E-state index contributed by atoms with van der Waals surface area (Å²) in [7, 11) is 1.45. The van der Waals surface area contributed by atoms with Crippen LogP contribution >= 0.6 is 0 Å². The number of hydrogen-bond donors (Lipinski definition) is 2. The normalized spacial score (nSPS) is 14.1. The average molecular weight is 240 g/mol. The summed E-state index contributed by atoms with van der Waals surface area (Å²) in [5, 5.41) is 2.49. The Bertz CT molecular complexity index is 417. The summed E-state index contributed by atoms with van der Waals surface area (Å²) < 4.78 is 18.6. The van der Waals surface area contributed by atoms with Crippen molar-refractivity contribution in [3.8, 4) is 0 Å². The summed E-state index contributed by atoms with van der Waals surface area (Å²) >= 11 is 0. The van der Waals surface area contributed by atoms with E-state index in [0.29, 0.717) is 12.1 Å². The number of anilines is 2. The van der Waals surface area contributed by atoms with Crippen LogP contribution in [0.15, 0.2) is 18.2 Å². The van der Waals surface area contributed by atoms with Crippen molar-refractivity contribution in [1.82, 2.24) is 0 Å². The van der Waals surface area contributed by atoms with E-state index in [-0.39, 0.29) is 11.6 Å². The van der Waals surface area contributed by atoms with Crippen molar-refractivity contribution in [2.45, 2.75) is 25.9 Å². The lowest BCUT2D eigenvalue weighted by Crippen LogP contribution is -2.41. The molecular formula is C12H17FN2O2. The molecule has 1 unspecified atom stereocenters. The van der Waals surface area contributed by atoms with Gasteiger partial charge in [0, 0.05) is 12.8 Å². The minimum absolute atomic E-state index is 0.0981. The molecule has 94 valence electrons. The zero-order chi connectivity index (χ0) is 13.1. The van der Waals surface area contributed by atoms with Crippen LogP contribution in [-0.4, -0.2) is 18.6 Å². The van der Waals surface area contributed by atoms with Gasteiger partial charge >= 0.3 is 0 Å². The molecule has 0 saturated carbocycles. The predicted molar refractivity (Wildman–Crippen MR) is 65.1 cm³/mol. The standard InChI is InChI=1S/C12H17FN2O2/c1-4-12(2,17-3)11(16)15-10-6-5-8(14)7-9(10)13/h5-7H,4,14H2,1-3H3,(H,15,16). The molecule has 0 aromatic heterocycles. The highest BCUT2D eigenvalue weighted by atomic mass is 19.1. The molecule has 0 heterocycles. The number of halogens is 1. The number of amides is 1. The summed E-state index contributed by atoms with van der Waals surface area (Å²) in [6, 6.07) is 4.11. The fraction of sp³-hybridized carbons (Fsp3) is 0.417. The Labute approximate surface area is 100.0 Å². The molecule has 0 aliphatic rings. The summed E-state index contributed by atoms with van der Waals surface area (Å²) in [6.07, 6.45) is 0.492. The third kappa shape index (κ3) is 2.94. The molecule has 1 rings (SSSR count). The molecule has 0 aliphatic carbocycles. The van der Waals surface area contributed by atoms with E-state index in [1.54, 1.807) is 6.92 Å². The molecule has 1 aromatic rings. The number of carbonyl (C=O) groups excluding carboxylic acids is 1. The first kappa shape index (κ1) is 13.4. The SMILES string of the molecule is CCC(C)(OC)C(=O)Nc1ccc(N)cc1F. The first-order valence-electron chi connectivity index (χ1n) is 5.34. The monoisotopic (exact) mass is 240 g/mol. The molecule has 0 fully saturated rings. The van der Waals surface area contributed by atoms with Crippen LogP contribution in [0, 0.1) is 5.82 Å². The number of hydrogen-bond acceptors (Lipinski definition) is 3. The van der Waals surface area contributed by atoms with Gasteiger partial charge in [0.1, 0.15) is 11.4 Å². The van der Waals surface area contributed by atoms with Gasteiger partial charge in [-0.2, -0.15) is 0 Å². The van der Waals surface area contributed by atoms with Gasteiger partial charge in [-0.25, -0.2) is 4.39 Å². The van der Waals surface area contributed by atoms with Gasteiger partial charge in [-0.05, 0) is 31.5 Å². The number of nitrogens with one attached hydrogen (secondary N) is 1. The van der Waals surface area contributed by atoms with E-state index in [4.69, 9.17) is 10.5 Å².